The molecule has 0 spiro atoms. The molecule has 0 bridgehead atoms. The van der Waals surface area contributed by atoms with Gasteiger partial charge in [-0.1, -0.05) is 36.4 Å². The number of nitrogens with one attached hydrogen (secondary N) is 2. The second kappa shape index (κ2) is 6.82. The molecule has 0 aliphatic carbocycles. The number of nitrogens with zero attached hydrogens (tertiary/aromatic N) is 2. The Morgan fingerprint density at radius 2 is 2.09 bits per heavy atom. The van der Waals surface area contributed by atoms with Gasteiger partial charge in [-0.2, -0.15) is 5.10 Å². The molecule has 0 radical (unpaired) electrons. The highest BCUT2D eigenvalue weighted by molar-refractivity contribution is 7.12. The van der Waals surface area contributed by atoms with Crippen molar-refractivity contribution in [1.29, 1.82) is 0 Å². The number of aromatic nitrogens is 2. The number of imidazole rings is 1. The number of benzene rings is 1. The Kier molecular flexibility index (Phi) is 4.41. The lowest BCUT2D eigenvalue weighted by Crippen LogP contribution is -2.20. The summed E-state index contributed by atoms with van der Waals surface area (Å²) in [6.07, 6.45) is 3.98. The van der Waals surface area contributed by atoms with E-state index in [9.17, 15) is 4.79 Å². The molecule has 1 aromatic carbocycles. The van der Waals surface area contributed by atoms with Crippen LogP contribution in [0.1, 0.15) is 21.1 Å². The molecule has 110 valence electrons. The summed E-state index contributed by atoms with van der Waals surface area (Å²) in [5.74, 6) is 0.593. The molecule has 2 heterocycles. The molecule has 2 N–H and O–H groups in total. The fourth-order valence-electron chi connectivity index (χ4n) is 1.97. The SMILES string of the molecule is O=C(NN=C(Cc1ncc[nH]1)c1ccccc1)c1cccs1. The van der Waals surface area contributed by atoms with Crippen molar-refractivity contribution >= 4 is 23.0 Å². The predicted octanol–water partition coefficient (Wildman–Crippen LogP) is 2.85. The molecule has 1 amide bonds. The zero-order valence-corrected chi connectivity index (χ0v) is 12.5. The van der Waals surface area contributed by atoms with Crippen LogP contribution in [0.5, 0.6) is 0 Å². The molecule has 5 nitrogen and oxygen atoms in total. The number of carbonyl (C=O) groups is 1. The second-order valence-electron chi connectivity index (χ2n) is 4.56. The Bertz CT molecular complexity index is 749. The number of thiophene rings is 1. The summed E-state index contributed by atoms with van der Waals surface area (Å²) in [5, 5.41) is 6.15. The Morgan fingerprint density at radius 1 is 1.23 bits per heavy atom. The molecule has 0 unspecified atom stereocenters. The van der Waals surface area contributed by atoms with Gasteiger partial charge in [-0.05, 0) is 17.0 Å². The van der Waals surface area contributed by atoms with E-state index < -0.39 is 0 Å². The van der Waals surface area contributed by atoms with Crippen LogP contribution in [0, 0.1) is 0 Å². The van der Waals surface area contributed by atoms with Gasteiger partial charge < -0.3 is 4.98 Å². The van der Waals surface area contributed by atoms with Gasteiger partial charge in [0.25, 0.3) is 5.91 Å². The summed E-state index contributed by atoms with van der Waals surface area (Å²) in [6, 6.07) is 13.3. The minimum atomic E-state index is -0.206. The summed E-state index contributed by atoms with van der Waals surface area (Å²) in [4.78, 5) is 19.9. The van der Waals surface area contributed by atoms with Crippen molar-refractivity contribution in [3.8, 4) is 0 Å². The van der Waals surface area contributed by atoms with Crippen LogP contribution in [-0.4, -0.2) is 21.6 Å². The number of hydrogen-bond acceptors (Lipinski definition) is 4. The first-order chi connectivity index (χ1) is 10.8. The quantitative estimate of drug-likeness (QED) is 0.562. The highest BCUT2D eigenvalue weighted by Gasteiger charge is 2.09. The van der Waals surface area contributed by atoms with Gasteiger partial charge in [0, 0.05) is 12.4 Å². The average Bonchev–Trinajstić information content (AvgIpc) is 3.25. The van der Waals surface area contributed by atoms with E-state index in [0.29, 0.717) is 11.3 Å². The molecule has 2 aromatic heterocycles. The van der Waals surface area contributed by atoms with Crippen molar-refractivity contribution < 1.29 is 4.79 Å². The first kappa shape index (κ1) is 14.2. The molecular weight excluding hydrogens is 296 g/mol. The van der Waals surface area contributed by atoms with Crippen LogP contribution in [-0.2, 0) is 6.42 Å². The molecular formula is C16H14N4OS. The van der Waals surface area contributed by atoms with Crippen LogP contribution in [0.25, 0.3) is 0 Å². The molecule has 22 heavy (non-hydrogen) atoms. The molecule has 0 atom stereocenters. The maximum atomic E-state index is 12.0. The van der Waals surface area contributed by atoms with E-state index in [1.807, 2.05) is 41.8 Å². The van der Waals surface area contributed by atoms with E-state index in [2.05, 4.69) is 20.5 Å². The van der Waals surface area contributed by atoms with Crippen molar-refractivity contribution in [2.45, 2.75) is 6.42 Å². The van der Waals surface area contributed by atoms with Crippen molar-refractivity contribution in [2.24, 2.45) is 5.10 Å². The summed E-state index contributed by atoms with van der Waals surface area (Å²) in [7, 11) is 0. The maximum Gasteiger partial charge on any atom is 0.281 e. The smallest absolute Gasteiger partial charge is 0.281 e. The van der Waals surface area contributed by atoms with Gasteiger partial charge >= 0.3 is 0 Å². The monoisotopic (exact) mass is 310 g/mol. The molecule has 0 fully saturated rings. The number of hydrogen-bond donors (Lipinski definition) is 2. The van der Waals surface area contributed by atoms with Crippen molar-refractivity contribution in [3.05, 3.63) is 76.5 Å². The van der Waals surface area contributed by atoms with Gasteiger partial charge in [0.05, 0.1) is 17.0 Å². The van der Waals surface area contributed by atoms with E-state index >= 15 is 0 Å². The third kappa shape index (κ3) is 3.48. The van der Waals surface area contributed by atoms with Crippen LogP contribution in [0.15, 0.2) is 65.3 Å². The molecule has 3 aromatic rings. The van der Waals surface area contributed by atoms with E-state index in [1.165, 1.54) is 11.3 Å². The van der Waals surface area contributed by atoms with E-state index in [-0.39, 0.29) is 5.91 Å². The lowest BCUT2D eigenvalue weighted by atomic mass is 10.1. The molecule has 0 aliphatic rings. The third-order valence-corrected chi connectivity index (χ3v) is 3.90. The van der Waals surface area contributed by atoms with Crippen molar-refractivity contribution in [1.82, 2.24) is 15.4 Å². The Labute approximate surface area is 131 Å². The van der Waals surface area contributed by atoms with Gasteiger partial charge in [-0.3, -0.25) is 4.79 Å². The number of hydrazone groups is 1. The lowest BCUT2D eigenvalue weighted by molar-refractivity contribution is 0.0959. The highest BCUT2D eigenvalue weighted by atomic mass is 32.1. The molecule has 3 rings (SSSR count). The minimum absolute atomic E-state index is 0.206. The Morgan fingerprint density at radius 3 is 2.77 bits per heavy atom. The zero-order chi connectivity index (χ0) is 15.2. The summed E-state index contributed by atoms with van der Waals surface area (Å²) < 4.78 is 0. The van der Waals surface area contributed by atoms with E-state index in [0.717, 1.165) is 17.1 Å². The first-order valence-corrected chi connectivity index (χ1v) is 7.65. The van der Waals surface area contributed by atoms with Gasteiger partial charge in [0.1, 0.15) is 5.82 Å². The average molecular weight is 310 g/mol. The molecule has 0 aliphatic heterocycles. The fourth-order valence-corrected chi connectivity index (χ4v) is 2.58. The number of carbonyl (C=O) groups excluding carboxylic acids is 1. The summed E-state index contributed by atoms with van der Waals surface area (Å²) in [5.41, 5.74) is 4.31. The van der Waals surface area contributed by atoms with Gasteiger partial charge in [-0.25, -0.2) is 10.4 Å². The number of H-pyrrole nitrogens is 1. The number of amides is 1. The van der Waals surface area contributed by atoms with Crippen LogP contribution in [0.4, 0.5) is 0 Å². The topological polar surface area (TPSA) is 70.1 Å². The standard InChI is InChI=1S/C16H14N4OS/c21-16(14-7-4-10-22-14)20-19-13(11-15-17-8-9-18-15)12-5-2-1-3-6-12/h1-10H,11H2,(H,17,18)(H,20,21). The van der Waals surface area contributed by atoms with Gasteiger partial charge in [-0.15, -0.1) is 11.3 Å². The van der Waals surface area contributed by atoms with Crippen molar-refractivity contribution in [3.63, 3.8) is 0 Å². The molecule has 0 saturated carbocycles. The summed E-state index contributed by atoms with van der Waals surface area (Å²) in [6.45, 7) is 0. The maximum absolute atomic E-state index is 12.0. The largest absolute Gasteiger partial charge is 0.348 e. The number of aromatic amines is 1. The van der Waals surface area contributed by atoms with Crippen LogP contribution in [0.3, 0.4) is 0 Å². The minimum Gasteiger partial charge on any atom is -0.348 e. The normalized spacial score (nSPS) is 11.4. The van der Waals surface area contributed by atoms with Gasteiger partial charge in [0.15, 0.2) is 0 Å². The predicted molar refractivity (Wildman–Crippen MR) is 87.1 cm³/mol. The van der Waals surface area contributed by atoms with Gasteiger partial charge in [0.2, 0.25) is 0 Å². The third-order valence-electron chi connectivity index (χ3n) is 3.03. The Balaban J connectivity index is 1.81. The number of rotatable bonds is 5. The van der Waals surface area contributed by atoms with Crippen LogP contribution >= 0.6 is 11.3 Å². The Hall–Kier alpha value is -2.73. The van der Waals surface area contributed by atoms with Crippen molar-refractivity contribution in [2.75, 3.05) is 0 Å². The molecule has 0 saturated heterocycles. The van der Waals surface area contributed by atoms with E-state index in [4.69, 9.17) is 0 Å². The summed E-state index contributed by atoms with van der Waals surface area (Å²) >= 11 is 1.38. The fraction of sp³-hybridized carbons (Fsp3) is 0.0625. The highest BCUT2D eigenvalue weighted by Crippen LogP contribution is 2.09. The zero-order valence-electron chi connectivity index (χ0n) is 11.7. The first-order valence-electron chi connectivity index (χ1n) is 6.77. The molecule has 6 heteroatoms. The second-order valence-corrected chi connectivity index (χ2v) is 5.50. The van der Waals surface area contributed by atoms with E-state index in [1.54, 1.807) is 18.5 Å². The lowest BCUT2D eigenvalue weighted by Gasteiger charge is -2.06. The van der Waals surface area contributed by atoms with Crippen LogP contribution < -0.4 is 5.43 Å². The van der Waals surface area contributed by atoms with Crippen LogP contribution in [0.2, 0.25) is 0 Å².